The number of carbonyl (C=O) groups is 2. The number of aliphatic imine (C=N–C) groups is 1. The van der Waals surface area contributed by atoms with Gasteiger partial charge < -0.3 is 5.32 Å². The molecule has 0 bridgehead atoms. The summed E-state index contributed by atoms with van der Waals surface area (Å²) in [4.78, 5) is 31.6. The van der Waals surface area contributed by atoms with Gasteiger partial charge in [0.1, 0.15) is 11.1 Å². The Balaban J connectivity index is 1.74. The summed E-state index contributed by atoms with van der Waals surface area (Å²) >= 11 is 1.29. The van der Waals surface area contributed by atoms with Crippen LogP contribution < -0.4 is 5.32 Å². The van der Waals surface area contributed by atoms with Crippen LogP contribution in [0.2, 0.25) is 0 Å². The molecule has 5 nitrogen and oxygen atoms in total. The average molecular weight is 414 g/mol. The summed E-state index contributed by atoms with van der Waals surface area (Å²) in [5.74, 6) is -1.02. The average Bonchev–Trinajstić information content (AvgIpc) is 2.98. The molecule has 1 atom stereocenters. The van der Waals surface area contributed by atoms with Crippen molar-refractivity contribution in [3.05, 3.63) is 59.9 Å². The zero-order valence-electron chi connectivity index (χ0n) is 16.5. The minimum Gasteiger partial charge on any atom is -0.324 e. The third kappa shape index (κ3) is 5.44. The number of unbranched alkanes of at least 4 members (excludes halogenated alkanes) is 1. The SMILES string of the molecule is CCCCN1C(=O)[C@H](CC(=O)Nc2ccccc2F)SC1=Nc1ccc(C)cc1. The molecule has 0 spiro atoms. The molecule has 1 fully saturated rings. The Morgan fingerprint density at radius 2 is 1.93 bits per heavy atom. The first kappa shape index (κ1) is 21.0. The van der Waals surface area contributed by atoms with E-state index in [1.807, 2.05) is 31.2 Å². The van der Waals surface area contributed by atoms with Crippen molar-refractivity contribution >= 4 is 40.1 Å². The van der Waals surface area contributed by atoms with Crippen LogP contribution in [-0.4, -0.2) is 33.7 Å². The Hall–Kier alpha value is -2.67. The number of benzene rings is 2. The lowest BCUT2D eigenvalue weighted by atomic mass is 10.2. The van der Waals surface area contributed by atoms with Crippen LogP contribution in [0.3, 0.4) is 0 Å². The molecule has 2 aromatic carbocycles. The van der Waals surface area contributed by atoms with Crippen molar-refractivity contribution in [3.63, 3.8) is 0 Å². The number of nitrogens with zero attached hydrogens (tertiary/aromatic N) is 2. The summed E-state index contributed by atoms with van der Waals surface area (Å²) in [6.07, 6.45) is 1.77. The highest BCUT2D eigenvalue weighted by Gasteiger charge is 2.38. The second-order valence-electron chi connectivity index (χ2n) is 6.91. The van der Waals surface area contributed by atoms with Gasteiger partial charge in [-0.1, -0.05) is 54.9 Å². The number of hydrogen-bond donors (Lipinski definition) is 1. The van der Waals surface area contributed by atoms with E-state index in [2.05, 4.69) is 17.2 Å². The van der Waals surface area contributed by atoms with Crippen LogP contribution in [0.5, 0.6) is 0 Å². The number of halogens is 1. The highest BCUT2D eigenvalue weighted by atomic mass is 32.2. The van der Waals surface area contributed by atoms with Crippen LogP contribution in [0.25, 0.3) is 0 Å². The van der Waals surface area contributed by atoms with E-state index >= 15 is 0 Å². The minimum absolute atomic E-state index is 0.0343. The number of aryl methyl sites for hydroxylation is 1. The lowest BCUT2D eigenvalue weighted by molar-refractivity contribution is -0.128. The molecule has 1 heterocycles. The standard InChI is InChI=1S/C22H24FN3O2S/c1-3-4-13-26-21(28)19(14-20(27)25-18-8-6-5-7-17(18)23)29-22(26)24-16-11-9-15(2)10-12-16/h5-12,19H,3-4,13-14H2,1-2H3,(H,25,27)/t19-/m0/s1. The van der Waals surface area contributed by atoms with E-state index in [4.69, 9.17) is 0 Å². The highest BCUT2D eigenvalue weighted by molar-refractivity contribution is 8.15. The van der Waals surface area contributed by atoms with E-state index in [1.165, 1.54) is 23.9 Å². The molecular weight excluding hydrogens is 389 g/mol. The molecule has 0 radical (unpaired) electrons. The van der Waals surface area contributed by atoms with Crippen molar-refractivity contribution in [2.75, 3.05) is 11.9 Å². The first-order chi connectivity index (χ1) is 14.0. The molecule has 1 saturated heterocycles. The molecule has 7 heteroatoms. The third-order valence-electron chi connectivity index (χ3n) is 4.53. The predicted molar refractivity (Wildman–Crippen MR) is 116 cm³/mol. The van der Waals surface area contributed by atoms with Gasteiger partial charge in [0.05, 0.1) is 11.4 Å². The van der Waals surface area contributed by atoms with E-state index < -0.39 is 17.0 Å². The van der Waals surface area contributed by atoms with E-state index in [9.17, 15) is 14.0 Å². The second kappa shape index (κ2) is 9.69. The van der Waals surface area contributed by atoms with Crippen LogP contribution in [0.4, 0.5) is 15.8 Å². The van der Waals surface area contributed by atoms with Gasteiger partial charge in [0.25, 0.3) is 0 Å². The van der Waals surface area contributed by atoms with Gasteiger partial charge in [-0.3, -0.25) is 14.5 Å². The first-order valence-electron chi connectivity index (χ1n) is 9.65. The van der Waals surface area contributed by atoms with Crippen LogP contribution in [-0.2, 0) is 9.59 Å². The maximum atomic E-state index is 13.8. The van der Waals surface area contributed by atoms with E-state index in [0.29, 0.717) is 11.7 Å². The van der Waals surface area contributed by atoms with Crippen molar-refractivity contribution in [3.8, 4) is 0 Å². The first-order valence-corrected chi connectivity index (χ1v) is 10.5. The van der Waals surface area contributed by atoms with E-state index in [1.54, 1.807) is 17.0 Å². The molecule has 1 aliphatic heterocycles. The number of anilines is 1. The summed E-state index contributed by atoms with van der Waals surface area (Å²) in [6, 6.07) is 13.7. The molecule has 2 amide bonds. The van der Waals surface area contributed by atoms with E-state index in [-0.39, 0.29) is 18.0 Å². The molecule has 3 rings (SSSR count). The van der Waals surface area contributed by atoms with Crippen LogP contribution >= 0.6 is 11.8 Å². The number of amides is 2. The fourth-order valence-electron chi connectivity index (χ4n) is 2.91. The fourth-order valence-corrected chi connectivity index (χ4v) is 4.09. The predicted octanol–water partition coefficient (Wildman–Crippen LogP) is 4.89. The molecule has 2 aromatic rings. The Kier molecular flexibility index (Phi) is 7.04. The summed E-state index contributed by atoms with van der Waals surface area (Å²) < 4.78 is 13.8. The summed E-state index contributed by atoms with van der Waals surface area (Å²) in [5, 5.41) is 2.59. The summed E-state index contributed by atoms with van der Waals surface area (Å²) in [6.45, 7) is 4.63. The van der Waals surface area contributed by atoms with E-state index in [0.717, 1.165) is 24.1 Å². The topological polar surface area (TPSA) is 61.8 Å². The molecule has 0 aromatic heterocycles. The molecule has 1 aliphatic rings. The zero-order valence-corrected chi connectivity index (χ0v) is 17.3. The second-order valence-corrected chi connectivity index (χ2v) is 8.08. The van der Waals surface area contributed by atoms with Crippen LogP contribution in [0.15, 0.2) is 53.5 Å². The van der Waals surface area contributed by atoms with Gasteiger partial charge in [-0.15, -0.1) is 0 Å². The van der Waals surface area contributed by atoms with Gasteiger partial charge in [-0.25, -0.2) is 9.38 Å². The minimum atomic E-state index is -0.567. The number of rotatable bonds is 7. The Labute approximate surface area is 174 Å². The van der Waals surface area contributed by atoms with Crippen LogP contribution in [0.1, 0.15) is 31.7 Å². The normalized spacial score (nSPS) is 17.8. The molecule has 0 aliphatic carbocycles. The monoisotopic (exact) mass is 413 g/mol. The number of para-hydroxylation sites is 1. The van der Waals surface area contributed by atoms with Crippen LogP contribution in [0, 0.1) is 12.7 Å². The van der Waals surface area contributed by atoms with Gasteiger partial charge in [0.2, 0.25) is 11.8 Å². The smallest absolute Gasteiger partial charge is 0.242 e. The molecule has 0 unspecified atom stereocenters. The molecule has 29 heavy (non-hydrogen) atoms. The Morgan fingerprint density at radius 3 is 2.62 bits per heavy atom. The Bertz CT molecular complexity index is 915. The number of nitrogens with one attached hydrogen (secondary N) is 1. The maximum absolute atomic E-state index is 13.8. The van der Waals surface area contributed by atoms with Crippen molar-refractivity contribution in [1.82, 2.24) is 4.90 Å². The summed E-state index contributed by atoms with van der Waals surface area (Å²) in [7, 11) is 0. The Morgan fingerprint density at radius 1 is 1.21 bits per heavy atom. The third-order valence-corrected chi connectivity index (χ3v) is 5.71. The lowest BCUT2D eigenvalue weighted by Crippen LogP contribution is -2.34. The number of carbonyl (C=O) groups excluding carboxylic acids is 2. The van der Waals surface area contributed by atoms with Gasteiger partial charge >= 0.3 is 0 Å². The number of thioether (sulfide) groups is 1. The van der Waals surface area contributed by atoms with Gasteiger partial charge in [0.15, 0.2) is 5.17 Å². The summed E-state index contributed by atoms with van der Waals surface area (Å²) in [5.41, 5.74) is 2.02. The van der Waals surface area contributed by atoms with Gasteiger partial charge in [0, 0.05) is 13.0 Å². The molecular formula is C22H24FN3O2S. The van der Waals surface area contributed by atoms with Crippen molar-refractivity contribution < 1.29 is 14.0 Å². The van der Waals surface area contributed by atoms with Crippen molar-refractivity contribution in [1.29, 1.82) is 0 Å². The molecule has 152 valence electrons. The lowest BCUT2D eigenvalue weighted by Gasteiger charge is -2.16. The van der Waals surface area contributed by atoms with Crippen molar-refractivity contribution in [2.45, 2.75) is 38.4 Å². The largest absolute Gasteiger partial charge is 0.324 e. The fraction of sp³-hybridized carbons (Fsp3) is 0.318. The zero-order chi connectivity index (χ0) is 20.8. The molecule has 0 saturated carbocycles. The number of amidine groups is 1. The van der Waals surface area contributed by atoms with Gasteiger partial charge in [-0.05, 0) is 37.6 Å². The maximum Gasteiger partial charge on any atom is 0.242 e. The number of hydrogen-bond acceptors (Lipinski definition) is 4. The van der Waals surface area contributed by atoms with Crippen molar-refractivity contribution in [2.24, 2.45) is 4.99 Å². The van der Waals surface area contributed by atoms with Gasteiger partial charge in [-0.2, -0.15) is 0 Å². The molecule has 1 N–H and O–H groups in total. The quantitative estimate of drug-likeness (QED) is 0.703. The highest BCUT2D eigenvalue weighted by Crippen LogP contribution is 2.32.